The lowest BCUT2D eigenvalue weighted by atomic mass is 9.99. The van der Waals surface area contributed by atoms with Crippen LogP contribution in [0, 0.1) is 5.82 Å². The highest BCUT2D eigenvalue weighted by Crippen LogP contribution is 2.39. The first-order valence-corrected chi connectivity index (χ1v) is 9.89. The van der Waals surface area contributed by atoms with Crippen LogP contribution in [0.3, 0.4) is 0 Å². The molecule has 3 aromatic rings. The maximum Gasteiger partial charge on any atom is 0.434 e. The fourth-order valence-corrected chi connectivity index (χ4v) is 3.34. The fourth-order valence-electron chi connectivity index (χ4n) is 3.09. The SMILES string of the molecule is CNC(=O)c1c(-c2c(F)cccc2Cl)noc1C(=CN)C(=Nc1ccccc1OC)C(F)(F)F. The van der Waals surface area contributed by atoms with E-state index in [2.05, 4.69) is 15.5 Å². The average molecular weight is 497 g/mol. The molecule has 0 radical (unpaired) electrons. The maximum atomic E-state index is 14.5. The molecule has 0 atom stereocenters. The molecule has 0 aliphatic heterocycles. The number of ether oxygens (including phenoxy) is 1. The lowest BCUT2D eigenvalue weighted by molar-refractivity contribution is -0.0571. The molecule has 1 heterocycles. The second-order valence-electron chi connectivity index (χ2n) is 6.62. The fraction of sp³-hybridized carbons (Fsp3) is 0.136. The summed E-state index contributed by atoms with van der Waals surface area (Å²) in [5, 5.41) is 5.78. The topological polar surface area (TPSA) is 103 Å². The maximum absolute atomic E-state index is 14.5. The van der Waals surface area contributed by atoms with Crippen LogP contribution in [0.2, 0.25) is 5.02 Å². The van der Waals surface area contributed by atoms with Crippen molar-refractivity contribution >= 4 is 34.5 Å². The van der Waals surface area contributed by atoms with Crippen LogP contribution >= 0.6 is 11.6 Å². The van der Waals surface area contributed by atoms with Gasteiger partial charge in [-0.15, -0.1) is 0 Å². The summed E-state index contributed by atoms with van der Waals surface area (Å²) in [4.78, 5) is 16.4. The minimum Gasteiger partial charge on any atom is -0.494 e. The molecule has 0 saturated carbocycles. The Morgan fingerprint density at radius 2 is 1.94 bits per heavy atom. The number of rotatable bonds is 6. The highest BCUT2D eigenvalue weighted by Gasteiger charge is 2.42. The van der Waals surface area contributed by atoms with E-state index < -0.39 is 46.2 Å². The van der Waals surface area contributed by atoms with E-state index in [0.717, 1.165) is 6.07 Å². The van der Waals surface area contributed by atoms with Gasteiger partial charge in [0.05, 0.1) is 23.3 Å². The van der Waals surface area contributed by atoms with Crippen molar-refractivity contribution in [1.29, 1.82) is 0 Å². The van der Waals surface area contributed by atoms with Crippen molar-refractivity contribution in [3.63, 3.8) is 0 Å². The van der Waals surface area contributed by atoms with Crippen molar-refractivity contribution in [2.24, 2.45) is 10.7 Å². The summed E-state index contributed by atoms with van der Waals surface area (Å²) in [5.41, 5.74) is 1.85. The van der Waals surface area contributed by atoms with Crippen molar-refractivity contribution < 1.29 is 31.6 Å². The van der Waals surface area contributed by atoms with E-state index in [4.69, 9.17) is 26.6 Å². The Morgan fingerprint density at radius 3 is 2.53 bits per heavy atom. The van der Waals surface area contributed by atoms with Crippen LogP contribution in [-0.4, -0.2) is 37.1 Å². The number of aliphatic imine (C=N–C) groups is 1. The third-order valence-electron chi connectivity index (χ3n) is 4.60. The summed E-state index contributed by atoms with van der Waals surface area (Å²) in [6, 6.07) is 9.41. The Morgan fingerprint density at radius 1 is 1.24 bits per heavy atom. The first kappa shape index (κ1) is 24.8. The van der Waals surface area contributed by atoms with Gasteiger partial charge in [0, 0.05) is 13.2 Å². The lowest BCUT2D eigenvalue weighted by Gasteiger charge is -2.14. The molecule has 0 bridgehead atoms. The number of alkyl halides is 3. The van der Waals surface area contributed by atoms with Crippen LogP contribution in [0.5, 0.6) is 5.75 Å². The Bertz CT molecular complexity index is 1270. The molecule has 3 rings (SSSR count). The van der Waals surface area contributed by atoms with E-state index in [9.17, 15) is 22.4 Å². The zero-order chi connectivity index (χ0) is 25.0. The Hall–Kier alpha value is -3.86. The molecule has 0 aliphatic carbocycles. The van der Waals surface area contributed by atoms with E-state index in [0.29, 0.717) is 6.20 Å². The van der Waals surface area contributed by atoms with Gasteiger partial charge in [-0.2, -0.15) is 13.2 Å². The number of aromatic nitrogens is 1. The van der Waals surface area contributed by atoms with Crippen molar-refractivity contribution in [1.82, 2.24) is 10.5 Å². The molecule has 0 unspecified atom stereocenters. The molecule has 178 valence electrons. The highest BCUT2D eigenvalue weighted by atomic mass is 35.5. The first-order valence-electron chi connectivity index (χ1n) is 9.51. The molecule has 7 nitrogen and oxygen atoms in total. The Labute approximate surface area is 195 Å². The molecule has 0 saturated heterocycles. The van der Waals surface area contributed by atoms with Crippen LogP contribution in [0.15, 0.2) is 58.2 Å². The molecular weight excluding hydrogens is 480 g/mol. The summed E-state index contributed by atoms with van der Waals surface area (Å²) in [7, 11) is 2.50. The average Bonchev–Trinajstić information content (AvgIpc) is 3.22. The standard InChI is InChI=1S/C22H17ClF4N4O3/c1-29-21(32)17-18(16-12(23)6-5-7-13(16)24)31-34-19(17)11(10-28)20(22(25,26)27)30-14-8-3-4-9-15(14)33-2/h3-10H,28H2,1-2H3,(H,29,32). The zero-order valence-electron chi connectivity index (χ0n) is 17.7. The van der Waals surface area contributed by atoms with E-state index >= 15 is 0 Å². The number of benzene rings is 2. The molecule has 12 heteroatoms. The summed E-state index contributed by atoms with van der Waals surface area (Å²) >= 11 is 6.07. The van der Waals surface area contributed by atoms with Gasteiger partial charge >= 0.3 is 6.18 Å². The summed E-state index contributed by atoms with van der Waals surface area (Å²) < 4.78 is 67.1. The molecule has 2 aromatic carbocycles. The molecule has 1 amide bonds. The number of allylic oxidation sites excluding steroid dienone is 1. The lowest BCUT2D eigenvalue weighted by Crippen LogP contribution is -2.26. The van der Waals surface area contributed by atoms with Crippen LogP contribution in [-0.2, 0) is 0 Å². The number of amides is 1. The summed E-state index contributed by atoms with van der Waals surface area (Å²) in [5.74, 6) is -2.40. The quantitative estimate of drug-likeness (QED) is 0.363. The minimum atomic E-state index is -5.05. The van der Waals surface area contributed by atoms with Crippen LogP contribution < -0.4 is 15.8 Å². The van der Waals surface area contributed by atoms with E-state index in [1.54, 1.807) is 6.07 Å². The van der Waals surface area contributed by atoms with Gasteiger partial charge < -0.3 is 20.3 Å². The predicted octanol–water partition coefficient (Wildman–Crippen LogP) is 5.14. The van der Waals surface area contributed by atoms with Crippen molar-refractivity contribution in [2.45, 2.75) is 6.18 Å². The molecule has 3 N–H and O–H groups in total. The number of nitrogens with zero attached hydrogens (tertiary/aromatic N) is 2. The summed E-state index contributed by atoms with van der Waals surface area (Å²) in [6.07, 6.45) is -4.48. The van der Waals surface area contributed by atoms with Crippen LogP contribution in [0.1, 0.15) is 16.1 Å². The van der Waals surface area contributed by atoms with Gasteiger partial charge in [-0.05, 0) is 24.3 Å². The number of carbonyl (C=O) groups is 1. The Kier molecular flexibility index (Phi) is 7.26. The smallest absolute Gasteiger partial charge is 0.434 e. The van der Waals surface area contributed by atoms with Gasteiger partial charge in [0.15, 0.2) is 11.5 Å². The molecule has 1 aromatic heterocycles. The Balaban J connectivity index is 2.31. The third-order valence-corrected chi connectivity index (χ3v) is 4.91. The van der Waals surface area contributed by atoms with Crippen molar-refractivity contribution in [3.05, 3.63) is 70.8 Å². The second kappa shape index (κ2) is 9.96. The highest BCUT2D eigenvalue weighted by molar-refractivity contribution is 6.34. The van der Waals surface area contributed by atoms with Gasteiger partial charge in [0.25, 0.3) is 5.91 Å². The monoisotopic (exact) mass is 496 g/mol. The number of nitrogens with one attached hydrogen (secondary N) is 1. The van der Waals surface area contributed by atoms with Gasteiger partial charge in [0.2, 0.25) is 0 Å². The molecule has 0 fully saturated rings. The molecular formula is C22H17ClF4N4O3. The number of halogens is 5. The largest absolute Gasteiger partial charge is 0.494 e. The van der Waals surface area contributed by atoms with Gasteiger partial charge in [0.1, 0.15) is 28.5 Å². The van der Waals surface area contributed by atoms with Crippen molar-refractivity contribution in [2.75, 3.05) is 14.2 Å². The second-order valence-corrected chi connectivity index (χ2v) is 7.03. The third kappa shape index (κ3) is 4.74. The molecule has 0 spiro atoms. The molecule has 0 aliphatic rings. The number of methoxy groups -OCH3 is 1. The van der Waals surface area contributed by atoms with E-state index in [1.165, 1.54) is 44.5 Å². The van der Waals surface area contributed by atoms with Crippen LogP contribution in [0.4, 0.5) is 23.2 Å². The number of hydrogen-bond donors (Lipinski definition) is 2. The van der Waals surface area contributed by atoms with Gasteiger partial charge in [-0.3, -0.25) is 4.79 Å². The van der Waals surface area contributed by atoms with Crippen LogP contribution in [0.25, 0.3) is 16.8 Å². The van der Waals surface area contributed by atoms with E-state index in [-0.39, 0.29) is 22.0 Å². The molecule has 34 heavy (non-hydrogen) atoms. The number of nitrogens with two attached hydrogens (primary N) is 1. The number of hydrogen-bond acceptors (Lipinski definition) is 6. The predicted molar refractivity (Wildman–Crippen MR) is 119 cm³/mol. The zero-order valence-corrected chi connectivity index (χ0v) is 18.5. The normalized spacial score (nSPS) is 12.6. The number of carbonyl (C=O) groups excluding carboxylic acids is 1. The van der Waals surface area contributed by atoms with E-state index in [1.807, 2.05) is 0 Å². The first-order chi connectivity index (χ1) is 16.1. The van der Waals surface area contributed by atoms with Gasteiger partial charge in [-0.25, -0.2) is 9.38 Å². The number of para-hydroxylation sites is 2. The summed E-state index contributed by atoms with van der Waals surface area (Å²) in [6.45, 7) is 0. The minimum absolute atomic E-state index is 0.0588. The van der Waals surface area contributed by atoms with Gasteiger partial charge in [-0.1, -0.05) is 35.0 Å². The van der Waals surface area contributed by atoms with Crippen molar-refractivity contribution in [3.8, 4) is 17.0 Å².